The zero-order chi connectivity index (χ0) is 19.6. The average molecular weight is 393 g/mol. The molecule has 0 radical (unpaired) electrons. The number of nitrogens with one attached hydrogen (secondary N) is 1. The Hall–Kier alpha value is -3.21. The Morgan fingerprint density at radius 3 is 2.41 bits per heavy atom. The van der Waals surface area contributed by atoms with Crippen molar-refractivity contribution in [1.29, 1.82) is 0 Å². The number of alkyl halides is 2. The zero-order valence-corrected chi connectivity index (χ0v) is 14.7. The van der Waals surface area contributed by atoms with E-state index in [-0.39, 0.29) is 5.56 Å². The second-order valence-electron chi connectivity index (χ2n) is 5.54. The molecule has 2 aromatic carbocycles. The van der Waals surface area contributed by atoms with Gasteiger partial charge in [0.25, 0.3) is 5.91 Å². The normalized spacial score (nSPS) is 11.6. The van der Waals surface area contributed by atoms with E-state index in [1.165, 1.54) is 23.1 Å². The molecule has 1 N–H and O–H groups in total. The van der Waals surface area contributed by atoms with Gasteiger partial charge in [-0.1, -0.05) is 0 Å². The molecule has 0 atom stereocenters. The summed E-state index contributed by atoms with van der Waals surface area (Å²) < 4.78 is 49.4. The van der Waals surface area contributed by atoms with Crippen LogP contribution in [0, 0.1) is 6.92 Å². The number of hydrogen-bond acceptors (Lipinski definition) is 6. The van der Waals surface area contributed by atoms with Crippen LogP contribution in [-0.2, 0) is 9.84 Å². The number of halogens is 2. The number of carbonyl (C=O) groups excluding carboxylic acids is 1. The number of hydrogen-bond donors (Lipinski definition) is 1. The molecule has 0 fully saturated rings. The molecule has 1 amide bonds. The Bertz CT molecular complexity index is 1070. The van der Waals surface area contributed by atoms with Crippen molar-refractivity contribution in [3.63, 3.8) is 0 Å². The highest BCUT2D eigenvalue weighted by Gasteiger charge is 2.26. The Morgan fingerprint density at radius 1 is 1.15 bits per heavy atom. The maximum absolute atomic E-state index is 12.5. The highest BCUT2D eigenvalue weighted by Crippen LogP contribution is 2.21. The summed E-state index contributed by atoms with van der Waals surface area (Å²) in [4.78, 5) is 11.7. The summed E-state index contributed by atoms with van der Waals surface area (Å²) in [6.45, 7) is 1.82. The van der Waals surface area contributed by atoms with Gasteiger partial charge in [-0.25, -0.2) is 13.1 Å². The molecule has 0 bridgehead atoms. The Kier molecular flexibility index (Phi) is 4.95. The van der Waals surface area contributed by atoms with Crippen molar-refractivity contribution >= 4 is 21.4 Å². The summed E-state index contributed by atoms with van der Waals surface area (Å²) in [6.07, 6.45) is 1.44. The van der Waals surface area contributed by atoms with Gasteiger partial charge in [0.1, 0.15) is 6.33 Å². The maximum Gasteiger partial charge on any atom is 0.341 e. The Morgan fingerprint density at radius 2 is 1.85 bits per heavy atom. The van der Waals surface area contributed by atoms with E-state index in [0.717, 1.165) is 23.4 Å². The number of amides is 1. The first-order valence-corrected chi connectivity index (χ1v) is 9.11. The van der Waals surface area contributed by atoms with Crippen molar-refractivity contribution in [2.75, 3.05) is 5.32 Å². The van der Waals surface area contributed by atoms with Crippen molar-refractivity contribution in [3.8, 4) is 5.69 Å². The molecule has 3 aromatic rings. The standard InChI is InChI=1S/C16H13F2N5O3S/c1-10-8-12(4-7-14(10)23-9-19-21-22-23)20-15(24)11-2-5-13(6-3-11)27(25,26)16(17)18/h2-9,16H,1H3,(H,20,24). The third-order valence-electron chi connectivity index (χ3n) is 3.73. The lowest BCUT2D eigenvalue weighted by molar-refractivity contribution is 0.102. The minimum absolute atomic E-state index is 0.130. The van der Waals surface area contributed by atoms with E-state index in [9.17, 15) is 22.0 Å². The predicted molar refractivity (Wildman–Crippen MR) is 91.5 cm³/mol. The Balaban J connectivity index is 1.77. The second-order valence-corrected chi connectivity index (χ2v) is 7.46. The molecule has 0 spiro atoms. The molecule has 27 heavy (non-hydrogen) atoms. The van der Waals surface area contributed by atoms with E-state index in [1.54, 1.807) is 18.2 Å². The number of sulfone groups is 1. The van der Waals surface area contributed by atoms with Crippen LogP contribution in [0.3, 0.4) is 0 Å². The minimum Gasteiger partial charge on any atom is -0.322 e. The number of carbonyl (C=O) groups is 1. The first-order chi connectivity index (χ1) is 12.8. The zero-order valence-electron chi connectivity index (χ0n) is 13.9. The van der Waals surface area contributed by atoms with Gasteiger partial charge in [-0.3, -0.25) is 4.79 Å². The van der Waals surface area contributed by atoms with E-state index < -0.39 is 26.4 Å². The number of nitrogens with zero attached hydrogens (tertiary/aromatic N) is 4. The van der Waals surface area contributed by atoms with E-state index >= 15 is 0 Å². The smallest absolute Gasteiger partial charge is 0.322 e. The van der Waals surface area contributed by atoms with Crippen molar-refractivity contribution in [1.82, 2.24) is 20.2 Å². The first kappa shape index (κ1) is 18.6. The third-order valence-corrected chi connectivity index (χ3v) is 5.13. The summed E-state index contributed by atoms with van der Waals surface area (Å²) >= 11 is 0. The van der Waals surface area contributed by atoms with Gasteiger partial charge in [-0.2, -0.15) is 8.78 Å². The minimum atomic E-state index is -4.69. The molecule has 0 saturated heterocycles. The van der Waals surface area contributed by atoms with E-state index in [4.69, 9.17) is 0 Å². The lowest BCUT2D eigenvalue weighted by Gasteiger charge is -2.10. The fourth-order valence-electron chi connectivity index (χ4n) is 2.36. The summed E-state index contributed by atoms with van der Waals surface area (Å²) in [5.41, 5.74) is 2.17. The quantitative estimate of drug-likeness (QED) is 0.712. The SMILES string of the molecule is Cc1cc(NC(=O)c2ccc(S(=O)(=O)C(F)F)cc2)ccc1-n1cnnn1. The number of rotatable bonds is 5. The van der Waals surface area contributed by atoms with Gasteiger partial charge in [0, 0.05) is 11.3 Å². The molecule has 11 heteroatoms. The predicted octanol–water partition coefficient (Wildman–Crippen LogP) is 2.22. The molecule has 0 aliphatic rings. The number of aryl methyl sites for hydroxylation is 1. The molecule has 0 unspecified atom stereocenters. The molecule has 140 valence electrons. The van der Waals surface area contributed by atoms with Gasteiger partial charge in [-0.05, 0) is 65.4 Å². The molecule has 3 rings (SSSR count). The van der Waals surface area contributed by atoms with Crippen LogP contribution in [-0.4, -0.2) is 40.3 Å². The lowest BCUT2D eigenvalue weighted by atomic mass is 10.1. The van der Waals surface area contributed by atoms with E-state index in [2.05, 4.69) is 20.8 Å². The number of anilines is 1. The van der Waals surface area contributed by atoms with Crippen molar-refractivity contribution < 1.29 is 22.0 Å². The summed E-state index contributed by atoms with van der Waals surface area (Å²) in [5.74, 6) is -4.02. The fourth-order valence-corrected chi connectivity index (χ4v) is 3.09. The van der Waals surface area contributed by atoms with Crippen LogP contribution in [0.2, 0.25) is 0 Å². The van der Waals surface area contributed by atoms with Crippen molar-refractivity contribution in [3.05, 3.63) is 59.9 Å². The molecule has 8 nitrogen and oxygen atoms in total. The molecular formula is C16H13F2N5O3S. The Labute approximate surface area is 152 Å². The summed E-state index contributed by atoms with van der Waals surface area (Å²) in [5, 5.41) is 13.6. The van der Waals surface area contributed by atoms with Crippen molar-refractivity contribution in [2.24, 2.45) is 0 Å². The average Bonchev–Trinajstić information content (AvgIpc) is 3.16. The van der Waals surface area contributed by atoms with Gasteiger partial charge in [0.05, 0.1) is 10.6 Å². The molecule has 0 aliphatic carbocycles. The monoisotopic (exact) mass is 393 g/mol. The molecule has 0 aliphatic heterocycles. The van der Waals surface area contributed by atoms with Crippen LogP contribution in [0.1, 0.15) is 15.9 Å². The molecule has 1 heterocycles. The number of aromatic nitrogens is 4. The van der Waals surface area contributed by atoms with Crippen molar-refractivity contribution in [2.45, 2.75) is 17.6 Å². The van der Waals surface area contributed by atoms with Gasteiger partial charge < -0.3 is 5.32 Å². The summed E-state index contributed by atoms with van der Waals surface area (Å²) in [7, 11) is -4.69. The number of tetrazole rings is 1. The molecule has 1 aromatic heterocycles. The van der Waals surface area contributed by atoms with Crippen LogP contribution in [0.25, 0.3) is 5.69 Å². The van der Waals surface area contributed by atoms with Crippen LogP contribution < -0.4 is 5.32 Å². The topological polar surface area (TPSA) is 107 Å². The lowest BCUT2D eigenvalue weighted by Crippen LogP contribution is -2.14. The highest BCUT2D eigenvalue weighted by molar-refractivity contribution is 7.91. The fraction of sp³-hybridized carbons (Fsp3) is 0.125. The number of benzene rings is 2. The van der Waals surface area contributed by atoms with Crippen LogP contribution in [0.15, 0.2) is 53.7 Å². The first-order valence-electron chi connectivity index (χ1n) is 7.56. The molecule has 0 saturated carbocycles. The van der Waals surface area contributed by atoms with Crippen LogP contribution >= 0.6 is 0 Å². The second kappa shape index (κ2) is 7.19. The molecular weight excluding hydrogens is 380 g/mol. The van der Waals surface area contributed by atoms with Gasteiger partial charge in [0.15, 0.2) is 0 Å². The largest absolute Gasteiger partial charge is 0.341 e. The van der Waals surface area contributed by atoms with Crippen LogP contribution in [0.4, 0.5) is 14.5 Å². The van der Waals surface area contributed by atoms with Gasteiger partial charge in [-0.15, -0.1) is 5.10 Å². The third kappa shape index (κ3) is 3.82. The van der Waals surface area contributed by atoms with Gasteiger partial charge >= 0.3 is 5.76 Å². The van der Waals surface area contributed by atoms with E-state index in [1.807, 2.05) is 6.92 Å². The van der Waals surface area contributed by atoms with Crippen LogP contribution in [0.5, 0.6) is 0 Å². The van der Waals surface area contributed by atoms with E-state index in [0.29, 0.717) is 5.69 Å². The highest BCUT2D eigenvalue weighted by atomic mass is 32.2. The summed E-state index contributed by atoms with van der Waals surface area (Å²) in [6, 6.07) is 9.38. The van der Waals surface area contributed by atoms with Gasteiger partial charge in [0.2, 0.25) is 9.84 Å². The maximum atomic E-state index is 12.5.